The summed E-state index contributed by atoms with van der Waals surface area (Å²) in [4.78, 5) is 29.2. The molecule has 3 aromatic rings. The molecule has 1 atom stereocenters. The number of carboxylic acids is 1. The van der Waals surface area contributed by atoms with Crippen LogP contribution in [-0.4, -0.2) is 28.5 Å². The van der Waals surface area contributed by atoms with Crippen LogP contribution in [0.5, 0.6) is 0 Å². The first kappa shape index (κ1) is 16.8. The molecule has 1 saturated heterocycles. The van der Waals surface area contributed by atoms with E-state index in [9.17, 15) is 9.59 Å². The number of hydrogen-bond acceptors (Lipinski definition) is 4. The van der Waals surface area contributed by atoms with Gasteiger partial charge in [0.2, 0.25) is 5.91 Å². The number of carboxylic acid groups (broad SMARTS) is 1. The number of benzene rings is 2. The minimum atomic E-state index is -0.946. The van der Waals surface area contributed by atoms with Gasteiger partial charge in [-0.1, -0.05) is 28.1 Å². The zero-order valence-electron chi connectivity index (χ0n) is 13.7. The third-order valence-corrected chi connectivity index (χ3v) is 5.00. The van der Waals surface area contributed by atoms with Crippen LogP contribution in [0.3, 0.4) is 0 Å². The van der Waals surface area contributed by atoms with Crippen molar-refractivity contribution >= 4 is 44.6 Å². The first-order chi connectivity index (χ1) is 12.5. The van der Waals surface area contributed by atoms with E-state index in [1.165, 1.54) is 4.90 Å². The number of oxazole rings is 1. The lowest BCUT2D eigenvalue weighted by atomic mass is 10.1. The van der Waals surface area contributed by atoms with Crippen LogP contribution in [0.4, 0.5) is 5.69 Å². The third-order valence-electron chi connectivity index (χ3n) is 4.47. The van der Waals surface area contributed by atoms with Crippen molar-refractivity contribution in [2.45, 2.75) is 12.8 Å². The van der Waals surface area contributed by atoms with Crippen molar-refractivity contribution in [3.63, 3.8) is 0 Å². The van der Waals surface area contributed by atoms with Crippen molar-refractivity contribution in [3.05, 3.63) is 58.4 Å². The van der Waals surface area contributed by atoms with Crippen LogP contribution < -0.4 is 4.90 Å². The molecule has 1 N–H and O–H groups in total. The molecule has 1 aromatic heterocycles. The van der Waals surface area contributed by atoms with Gasteiger partial charge in [0.25, 0.3) is 0 Å². The molecule has 1 amide bonds. The number of aliphatic carboxylic acids is 1. The number of aromatic nitrogens is 1. The highest BCUT2D eigenvalue weighted by molar-refractivity contribution is 9.10. The monoisotopic (exact) mass is 414 g/mol. The molecule has 1 fully saturated rings. The van der Waals surface area contributed by atoms with Gasteiger partial charge in [-0.15, -0.1) is 0 Å². The molecule has 0 saturated carbocycles. The number of rotatable bonds is 4. The minimum Gasteiger partial charge on any atom is -0.481 e. The van der Waals surface area contributed by atoms with E-state index in [0.717, 1.165) is 10.0 Å². The van der Waals surface area contributed by atoms with Crippen LogP contribution in [0.1, 0.15) is 17.9 Å². The molecule has 26 heavy (non-hydrogen) atoms. The summed E-state index contributed by atoms with van der Waals surface area (Å²) >= 11 is 3.41. The summed E-state index contributed by atoms with van der Waals surface area (Å²) in [5, 5.41) is 9.12. The Bertz CT molecular complexity index is 996. The number of halogens is 1. The highest BCUT2D eigenvalue weighted by Crippen LogP contribution is 2.29. The van der Waals surface area contributed by atoms with Gasteiger partial charge in [-0.3, -0.25) is 9.59 Å². The highest BCUT2D eigenvalue weighted by atomic mass is 79.9. The Morgan fingerprint density at radius 3 is 2.73 bits per heavy atom. The van der Waals surface area contributed by atoms with Gasteiger partial charge in [0.05, 0.1) is 5.92 Å². The highest BCUT2D eigenvalue weighted by Gasteiger charge is 2.35. The van der Waals surface area contributed by atoms with Crippen molar-refractivity contribution in [1.29, 1.82) is 0 Å². The van der Waals surface area contributed by atoms with Crippen molar-refractivity contribution in [2.24, 2.45) is 5.92 Å². The summed E-state index contributed by atoms with van der Waals surface area (Å²) in [6, 6.07) is 13.2. The van der Waals surface area contributed by atoms with Gasteiger partial charge in [-0.2, -0.15) is 0 Å². The third kappa shape index (κ3) is 3.22. The standard InChI is InChI=1S/C19H15BrN2O4/c20-13-3-1-11(2-4-13)7-17-21-15-6-5-14(9-16(15)26-17)22-10-12(19(24)25)8-18(22)23/h1-6,9,12H,7-8,10H2,(H,24,25)/t12-/m1/s1. The quantitative estimate of drug-likeness (QED) is 0.704. The van der Waals surface area contributed by atoms with Crippen LogP contribution in [0.15, 0.2) is 51.4 Å². The molecule has 7 heteroatoms. The molecule has 0 radical (unpaired) electrons. The summed E-state index contributed by atoms with van der Waals surface area (Å²) in [5.41, 5.74) is 3.01. The topological polar surface area (TPSA) is 83.6 Å². The van der Waals surface area contributed by atoms with Crippen LogP contribution >= 0.6 is 15.9 Å². The number of fused-ring (bicyclic) bond motifs is 1. The van der Waals surface area contributed by atoms with E-state index >= 15 is 0 Å². The van der Waals surface area contributed by atoms with E-state index in [1.54, 1.807) is 18.2 Å². The van der Waals surface area contributed by atoms with E-state index in [1.807, 2.05) is 24.3 Å². The second-order valence-corrected chi connectivity index (χ2v) is 7.22. The predicted octanol–water partition coefficient (Wildman–Crippen LogP) is 3.62. The second-order valence-electron chi connectivity index (χ2n) is 6.31. The number of anilines is 1. The van der Waals surface area contributed by atoms with Gasteiger partial charge in [-0.05, 0) is 29.8 Å². The summed E-state index contributed by atoms with van der Waals surface area (Å²) in [7, 11) is 0. The lowest BCUT2D eigenvalue weighted by molar-refractivity contribution is -0.141. The van der Waals surface area contributed by atoms with Crippen molar-refractivity contribution in [3.8, 4) is 0 Å². The Labute approximate surface area is 157 Å². The van der Waals surface area contributed by atoms with E-state index in [0.29, 0.717) is 29.1 Å². The number of carbonyl (C=O) groups excluding carboxylic acids is 1. The van der Waals surface area contributed by atoms with Gasteiger partial charge in [-0.25, -0.2) is 4.98 Å². The van der Waals surface area contributed by atoms with Crippen molar-refractivity contribution in [1.82, 2.24) is 4.98 Å². The molecule has 0 bridgehead atoms. The maximum Gasteiger partial charge on any atom is 0.308 e. The summed E-state index contributed by atoms with van der Waals surface area (Å²) < 4.78 is 6.85. The molecule has 0 aliphatic carbocycles. The van der Waals surface area contributed by atoms with E-state index < -0.39 is 11.9 Å². The summed E-state index contributed by atoms with van der Waals surface area (Å²) in [6.07, 6.45) is 0.597. The second kappa shape index (κ2) is 6.57. The number of carbonyl (C=O) groups is 2. The normalized spacial score (nSPS) is 17.2. The van der Waals surface area contributed by atoms with Crippen LogP contribution in [0.25, 0.3) is 11.1 Å². The molecule has 1 aliphatic rings. The Balaban J connectivity index is 1.59. The summed E-state index contributed by atoms with van der Waals surface area (Å²) in [5.74, 6) is -1.21. The van der Waals surface area contributed by atoms with E-state index in [4.69, 9.17) is 9.52 Å². The van der Waals surface area contributed by atoms with Crippen LogP contribution in [-0.2, 0) is 16.0 Å². The molecule has 0 unspecified atom stereocenters. The van der Waals surface area contributed by atoms with Gasteiger partial charge < -0.3 is 14.4 Å². The smallest absolute Gasteiger partial charge is 0.308 e. The molecule has 1 aliphatic heterocycles. The fraction of sp³-hybridized carbons (Fsp3) is 0.211. The average molecular weight is 415 g/mol. The molecule has 6 nitrogen and oxygen atoms in total. The Morgan fingerprint density at radius 1 is 1.27 bits per heavy atom. The Kier molecular flexibility index (Phi) is 4.24. The number of hydrogen-bond donors (Lipinski definition) is 1. The molecule has 132 valence electrons. The Hall–Kier alpha value is -2.67. The summed E-state index contributed by atoms with van der Waals surface area (Å²) in [6.45, 7) is 0.180. The first-order valence-corrected chi connectivity index (χ1v) is 8.96. The number of amides is 1. The van der Waals surface area contributed by atoms with Crippen LogP contribution in [0.2, 0.25) is 0 Å². The van der Waals surface area contributed by atoms with Gasteiger partial charge in [0.15, 0.2) is 11.5 Å². The molecule has 4 rings (SSSR count). The van der Waals surface area contributed by atoms with Crippen molar-refractivity contribution in [2.75, 3.05) is 11.4 Å². The maximum atomic E-state index is 12.1. The largest absolute Gasteiger partial charge is 0.481 e. The lowest BCUT2D eigenvalue weighted by Crippen LogP contribution is -2.25. The van der Waals surface area contributed by atoms with Crippen molar-refractivity contribution < 1.29 is 19.1 Å². The zero-order chi connectivity index (χ0) is 18.3. The average Bonchev–Trinajstić information content (AvgIpc) is 3.19. The molecule has 2 heterocycles. The van der Waals surface area contributed by atoms with E-state index in [-0.39, 0.29) is 18.9 Å². The van der Waals surface area contributed by atoms with Crippen LogP contribution in [0, 0.1) is 5.92 Å². The molecule has 2 aromatic carbocycles. The van der Waals surface area contributed by atoms with Gasteiger partial charge >= 0.3 is 5.97 Å². The predicted molar refractivity (Wildman–Crippen MR) is 99.1 cm³/mol. The first-order valence-electron chi connectivity index (χ1n) is 8.16. The fourth-order valence-corrected chi connectivity index (χ4v) is 3.37. The fourth-order valence-electron chi connectivity index (χ4n) is 3.10. The molecule has 0 spiro atoms. The minimum absolute atomic E-state index is 0.0264. The maximum absolute atomic E-state index is 12.1. The Morgan fingerprint density at radius 2 is 2.04 bits per heavy atom. The van der Waals surface area contributed by atoms with Gasteiger partial charge in [0, 0.05) is 35.6 Å². The number of nitrogens with zero attached hydrogens (tertiary/aromatic N) is 2. The molecular weight excluding hydrogens is 400 g/mol. The van der Waals surface area contributed by atoms with E-state index in [2.05, 4.69) is 20.9 Å². The van der Waals surface area contributed by atoms with Gasteiger partial charge in [0.1, 0.15) is 5.52 Å². The lowest BCUT2D eigenvalue weighted by Gasteiger charge is -2.15. The zero-order valence-corrected chi connectivity index (χ0v) is 15.3. The molecular formula is C19H15BrN2O4. The SMILES string of the molecule is O=C(O)[C@@H]1CC(=O)N(c2ccc3nc(Cc4ccc(Br)cc4)oc3c2)C1.